The molecule has 0 N–H and O–H groups in total. The number of nitrogens with zero attached hydrogens (tertiary/aromatic N) is 1. The van der Waals surface area contributed by atoms with Gasteiger partial charge in [-0.15, -0.1) is 0 Å². The highest BCUT2D eigenvalue weighted by molar-refractivity contribution is 7.92. The number of anilines is 1. The maximum atomic E-state index is 13.9. The Morgan fingerprint density at radius 3 is 2.30 bits per heavy atom. The first kappa shape index (κ1) is 19.0. The van der Waals surface area contributed by atoms with E-state index in [2.05, 4.69) is 6.92 Å². The number of fused-ring (bicyclic) bond motifs is 2. The molecule has 0 spiro atoms. The van der Waals surface area contributed by atoms with Gasteiger partial charge in [0.15, 0.2) is 11.5 Å². The van der Waals surface area contributed by atoms with E-state index in [-0.39, 0.29) is 23.6 Å². The van der Waals surface area contributed by atoms with E-state index >= 15 is 0 Å². The topological polar surface area (TPSA) is 55.8 Å². The number of benzene rings is 3. The fraction of sp³-hybridized carbons (Fsp3) is 0.250. The van der Waals surface area contributed by atoms with Crippen LogP contribution < -0.4 is 13.8 Å². The van der Waals surface area contributed by atoms with Gasteiger partial charge in [0.2, 0.25) is 6.79 Å². The zero-order chi connectivity index (χ0) is 20.9. The van der Waals surface area contributed by atoms with E-state index in [0.717, 1.165) is 16.7 Å². The fourth-order valence-electron chi connectivity index (χ4n) is 4.33. The Balaban J connectivity index is 1.73. The maximum absolute atomic E-state index is 13.9. The van der Waals surface area contributed by atoms with Gasteiger partial charge < -0.3 is 9.47 Å². The van der Waals surface area contributed by atoms with Crippen LogP contribution in [0.2, 0.25) is 0 Å². The van der Waals surface area contributed by atoms with Gasteiger partial charge in [-0.1, -0.05) is 55.0 Å². The minimum atomic E-state index is -3.79. The summed E-state index contributed by atoms with van der Waals surface area (Å²) in [6, 6.07) is 20.3. The van der Waals surface area contributed by atoms with E-state index in [1.807, 2.05) is 61.5 Å². The minimum Gasteiger partial charge on any atom is -0.454 e. The highest BCUT2D eigenvalue weighted by Gasteiger charge is 2.40. The molecule has 30 heavy (non-hydrogen) atoms. The minimum absolute atomic E-state index is 0.152. The number of rotatable bonds is 3. The first-order valence-electron chi connectivity index (χ1n) is 10.0. The molecule has 2 aliphatic rings. The molecular formula is C24H23NO4S. The van der Waals surface area contributed by atoms with Gasteiger partial charge in [0.1, 0.15) is 0 Å². The second kappa shape index (κ2) is 7.06. The summed E-state index contributed by atoms with van der Waals surface area (Å²) in [5, 5.41) is 0. The molecule has 0 radical (unpaired) electrons. The van der Waals surface area contributed by atoms with Crippen molar-refractivity contribution in [3.05, 3.63) is 83.4 Å². The van der Waals surface area contributed by atoms with Gasteiger partial charge in [0.25, 0.3) is 10.0 Å². The average Bonchev–Trinajstić information content (AvgIpc) is 3.20. The molecule has 3 aromatic rings. The van der Waals surface area contributed by atoms with Crippen LogP contribution in [0.1, 0.15) is 42.0 Å². The third-order valence-corrected chi connectivity index (χ3v) is 7.75. The van der Waals surface area contributed by atoms with Crippen LogP contribution in [-0.2, 0) is 10.0 Å². The lowest BCUT2D eigenvalue weighted by molar-refractivity contribution is 0.174. The molecular weight excluding hydrogens is 398 g/mol. The van der Waals surface area contributed by atoms with Crippen molar-refractivity contribution in [1.29, 1.82) is 0 Å². The van der Waals surface area contributed by atoms with E-state index in [9.17, 15) is 8.42 Å². The lowest BCUT2D eigenvalue weighted by Gasteiger charge is -2.40. The predicted molar refractivity (Wildman–Crippen MR) is 116 cm³/mol. The SMILES string of the molecule is Cc1ccc(S(=O)(=O)N2c3cc4c(cc3[C@H](C)C[C@@H]2c2ccccc2)OCO4)cc1. The number of hydrogen-bond donors (Lipinski definition) is 0. The molecule has 0 saturated carbocycles. The molecule has 0 bridgehead atoms. The molecule has 2 heterocycles. The van der Waals surface area contributed by atoms with Crippen molar-refractivity contribution >= 4 is 15.7 Å². The van der Waals surface area contributed by atoms with Crippen LogP contribution in [-0.4, -0.2) is 15.2 Å². The lowest BCUT2D eigenvalue weighted by atomic mass is 9.85. The molecule has 3 aromatic carbocycles. The Kier molecular flexibility index (Phi) is 4.47. The molecule has 154 valence electrons. The zero-order valence-corrected chi connectivity index (χ0v) is 17.7. The van der Waals surface area contributed by atoms with E-state index in [1.165, 1.54) is 0 Å². The van der Waals surface area contributed by atoms with Gasteiger partial charge in [0, 0.05) is 6.07 Å². The third-order valence-electron chi connectivity index (χ3n) is 5.91. The van der Waals surface area contributed by atoms with Crippen molar-refractivity contribution in [2.24, 2.45) is 0 Å². The van der Waals surface area contributed by atoms with E-state index in [1.54, 1.807) is 16.4 Å². The second-order valence-corrected chi connectivity index (χ2v) is 9.76. The Bertz CT molecular complexity index is 1190. The summed E-state index contributed by atoms with van der Waals surface area (Å²) in [4.78, 5) is 0.284. The maximum Gasteiger partial charge on any atom is 0.264 e. The summed E-state index contributed by atoms with van der Waals surface area (Å²) in [5.41, 5.74) is 3.61. The Morgan fingerprint density at radius 2 is 1.60 bits per heavy atom. The average molecular weight is 422 g/mol. The van der Waals surface area contributed by atoms with E-state index < -0.39 is 10.0 Å². The quantitative estimate of drug-likeness (QED) is 0.586. The van der Waals surface area contributed by atoms with E-state index in [0.29, 0.717) is 23.6 Å². The smallest absolute Gasteiger partial charge is 0.264 e. The summed E-state index contributed by atoms with van der Waals surface area (Å²) in [7, 11) is -3.79. The van der Waals surface area contributed by atoms with Crippen molar-refractivity contribution in [3.8, 4) is 11.5 Å². The number of sulfonamides is 1. The second-order valence-electron chi connectivity index (χ2n) is 7.94. The van der Waals surface area contributed by atoms with Gasteiger partial charge in [-0.05, 0) is 48.6 Å². The summed E-state index contributed by atoms with van der Waals surface area (Å²) in [6.45, 7) is 4.23. The molecule has 0 saturated heterocycles. The number of ether oxygens (including phenoxy) is 2. The Hall–Kier alpha value is -2.99. The Labute approximate surface area is 176 Å². The van der Waals surface area contributed by atoms with Crippen LogP contribution in [0.25, 0.3) is 0 Å². The molecule has 0 amide bonds. The van der Waals surface area contributed by atoms with Crippen molar-refractivity contribution in [2.75, 3.05) is 11.1 Å². The largest absolute Gasteiger partial charge is 0.454 e. The monoisotopic (exact) mass is 421 g/mol. The van der Waals surface area contributed by atoms with Crippen LogP contribution in [0, 0.1) is 6.92 Å². The van der Waals surface area contributed by atoms with Crippen molar-refractivity contribution < 1.29 is 17.9 Å². The van der Waals surface area contributed by atoms with Gasteiger partial charge in [-0.3, -0.25) is 4.31 Å². The van der Waals surface area contributed by atoms with Crippen molar-refractivity contribution in [2.45, 2.75) is 37.1 Å². The van der Waals surface area contributed by atoms with Crippen LogP contribution in [0.4, 0.5) is 5.69 Å². The highest BCUT2D eigenvalue weighted by atomic mass is 32.2. The molecule has 2 aliphatic heterocycles. The van der Waals surface area contributed by atoms with Crippen LogP contribution >= 0.6 is 0 Å². The standard InChI is InChI=1S/C24H23NO4S/c1-16-8-10-19(11-9-16)30(26,27)25-21(18-6-4-3-5-7-18)12-17(2)20-13-23-24(14-22(20)25)29-15-28-23/h3-11,13-14,17,21H,12,15H2,1-2H3/t17-,21-/m1/s1. The summed E-state index contributed by atoms with van der Waals surface area (Å²) < 4.78 is 40.5. The normalized spacial score (nSPS) is 20.1. The lowest BCUT2D eigenvalue weighted by Crippen LogP contribution is -2.39. The van der Waals surface area contributed by atoms with Crippen LogP contribution in [0.5, 0.6) is 11.5 Å². The third kappa shape index (κ3) is 3.03. The van der Waals surface area contributed by atoms with Gasteiger partial charge in [-0.2, -0.15) is 0 Å². The summed E-state index contributed by atoms with van der Waals surface area (Å²) >= 11 is 0. The van der Waals surface area contributed by atoms with Gasteiger partial charge in [0.05, 0.1) is 16.6 Å². The molecule has 5 rings (SSSR count). The Morgan fingerprint density at radius 1 is 0.933 bits per heavy atom. The molecule has 0 unspecified atom stereocenters. The van der Waals surface area contributed by atoms with Crippen LogP contribution in [0.3, 0.4) is 0 Å². The number of hydrogen-bond acceptors (Lipinski definition) is 4. The van der Waals surface area contributed by atoms with Crippen molar-refractivity contribution in [1.82, 2.24) is 0 Å². The molecule has 2 atom stereocenters. The summed E-state index contributed by atoms with van der Waals surface area (Å²) in [6.07, 6.45) is 0.682. The first-order chi connectivity index (χ1) is 14.4. The molecule has 5 nitrogen and oxygen atoms in total. The summed E-state index contributed by atoms with van der Waals surface area (Å²) in [5.74, 6) is 1.43. The molecule has 6 heteroatoms. The van der Waals surface area contributed by atoms with Gasteiger partial charge in [-0.25, -0.2) is 8.42 Å². The first-order valence-corrected chi connectivity index (χ1v) is 11.5. The molecule has 0 aromatic heterocycles. The highest BCUT2D eigenvalue weighted by Crippen LogP contribution is 2.51. The van der Waals surface area contributed by atoms with Crippen molar-refractivity contribution in [3.63, 3.8) is 0 Å². The number of aryl methyl sites for hydroxylation is 1. The fourth-order valence-corrected chi connectivity index (χ4v) is 5.99. The predicted octanol–water partition coefficient (Wildman–Crippen LogP) is 5.17. The van der Waals surface area contributed by atoms with Gasteiger partial charge >= 0.3 is 0 Å². The zero-order valence-electron chi connectivity index (χ0n) is 16.9. The van der Waals surface area contributed by atoms with E-state index in [4.69, 9.17) is 9.47 Å². The van der Waals surface area contributed by atoms with Crippen LogP contribution in [0.15, 0.2) is 71.6 Å². The molecule has 0 aliphatic carbocycles. The molecule has 0 fully saturated rings.